The molecule has 1 amide bonds. The van der Waals surface area contributed by atoms with Crippen molar-refractivity contribution in [3.8, 4) is 0 Å². The number of nitrogens with zero attached hydrogens (tertiary/aromatic N) is 4. The van der Waals surface area contributed by atoms with Crippen molar-refractivity contribution in [2.24, 2.45) is 0 Å². The lowest BCUT2D eigenvalue weighted by Crippen LogP contribution is -2.52. The van der Waals surface area contributed by atoms with E-state index in [1.807, 2.05) is 29.2 Å². The van der Waals surface area contributed by atoms with Gasteiger partial charge in [-0.3, -0.25) is 14.6 Å². The highest BCUT2D eigenvalue weighted by Gasteiger charge is 2.32. The molecule has 1 aromatic heterocycles. The number of amides is 1. The van der Waals surface area contributed by atoms with Gasteiger partial charge in [0.15, 0.2) is 0 Å². The lowest BCUT2D eigenvalue weighted by atomic mass is 9.99. The zero-order valence-corrected chi connectivity index (χ0v) is 19.0. The number of piperazine rings is 1. The zero-order valence-electron chi connectivity index (χ0n) is 18.2. The van der Waals surface area contributed by atoms with Crippen LogP contribution in [0, 0.1) is 0 Å². The van der Waals surface area contributed by atoms with Gasteiger partial charge in [-0.15, -0.1) is 0 Å². The van der Waals surface area contributed by atoms with E-state index in [-0.39, 0.29) is 11.9 Å². The Hall–Kier alpha value is -2.60. The van der Waals surface area contributed by atoms with Crippen molar-refractivity contribution >= 4 is 17.5 Å². The molecule has 3 aromatic rings. The molecule has 2 aromatic carbocycles. The maximum Gasteiger partial charge on any atom is 0.236 e. The SMILES string of the molecule is O=C(CN1CCn2cccc2C1c1ccccc1Cl)N1CCN(Cc2ccccc2)CC1. The van der Waals surface area contributed by atoms with Gasteiger partial charge in [0.2, 0.25) is 5.91 Å². The van der Waals surface area contributed by atoms with Gasteiger partial charge in [0, 0.05) is 62.7 Å². The van der Waals surface area contributed by atoms with E-state index in [1.165, 1.54) is 11.3 Å². The number of hydrogen-bond acceptors (Lipinski definition) is 3. The van der Waals surface area contributed by atoms with Crippen LogP contribution in [-0.2, 0) is 17.9 Å². The van der Waals surface area contributed by atoms with Crippen molar-refractivity contribution in [2.45, 2.75) is 19.1 Å². The first-order valence-corrected chi connectivity index (χ1v) is 11.7. The van der Waals surface area contributed by atoms with Crippen LogP contribution >= 0.6 is 11.6 Å². The van der Waals surface area contributed by atoms with Crippen molar-refractivity contribution < 1.29 is 4.79 Å². The Kier molecular flexibility index (Phi) is 6.30. The average molecular weight is 449 g/mol. The minimum Gasteiger partial charge on any atom is -0.348 e. The van der Waals surface area contributed by atoms with Gasteiger partial charge in [0.1, 0.15) is 0 Å². The number of carbonyl (C=O) groups is 1. The molecule has 166 valence electrons. The monoisotopic (exact) mass is 448 g/mol. The van der Waals surface area contributed by atoms with Gasteiger partial charge in [-0.05, 0) is 29.3 Å². The van der Waals surface area contributed by atoms with Gasteiger partial charge in [0.25, 0.3) is 0 Å². The zero-order chi connectivity index (χ0) is 21.9. The molecule has 32 heavy (non-hydrogen) atoms. The maximum absolute atomic E-state index is 13.3. The molecule has 0 radical (unpaired) electrons. The van der Waals surface area contributed by atoms with Crippen LogP contribution in [0.2, 0.25) is 5.02 Å². The van der Waals surface area contributed by atoms with E-state index in [1.54, 1.807) is 0 Å². The first-order valence-electron chi connectivity index (χ1n) is 11.4. The Balaban J connectivity index is 1.25. The van der Waals surface area contributed by atoms with Crippen molar-refractivity contribution in [3.05, 3.63) is 94.8 Å². The molecule has 0 aliphatic carbocycles. The summed E-state index contributed by atoms with van der Waals surface area (Å²) >= 11 is 6.59. The molecule has 1 saturated heterocycles. The Labute approximate surface area is 194 Å². The molecule has 6 heteroatoms. The second kappa shape index (κ2) is 9.49. The highest BCUT2D eigenvalue weighted by atomic mass is 35.5. The molecule has 0 N–H and O–H groups in total. The van der Waals surface area contributed by atoms with Crippen LogP contribution < -0.4 is 0 Å². The van der Waals surface area contributed by atoms with Crippen LogP contribution in [0.4, 0.5) is 0 Å². The first-order chi connectivity index (χ1) is 15.7. The molecule has 0 saturated carbocycles. The smallest absolute Gasteiger partial charge is 0.236 e. The summed E-state index contributed by atoms with van der Waals surface area (Å²) in [4.78, 5) is 20.0. The van der Waals surface area contributed by atoms with E-state index in [4.69, 9.17) is 11.6 Å². The van der Waals surface area contributed by atoms with Crippen molar-refractivity contribution in [2.75, 3.05) is 39.3 Å². The van der Waals surface area contributed by atoms with Gasteiger partial charge < -0.3 is 9.47 Å². The second-order valence-electron chi connectivity index (χ2n) is 8.66. The summed E-state index contributed by atoms with van der Waals surface area (Å²) in [6.07, 6.45) is 2.12. The Morgan fingerprint density at radius 1 is 0.844 bits per heavy atom. The van der Waals surface area contributed by atoms with E-state index < -0.39 is 0 Å². The van der Waals surface area contributed by atoms with Crippen LogP contribution in [0.5, 0.6) is 0 Å². The number of rotatable bonds is 5. The van der Waals surface area contributed by atoms with Gasteiger partial charge in [-0.2, -0.15) is 0 Å². The van der Waals surface area contributed by atoms with Crippen molar-refractivity contribution in [1.29, 1.82) is 0 Å². The molecule has 2 aliphatic heterocycles. The van der Waals surface area contributed by atoms with Crippen molar-refractivity contribution in [3.63, 3.8) is 0 Å². The molecule has 3 heterocycles. The number of hydrogen-bond donors (Lipinski definition) is 0. The van der Waals surface area contributed by atoms with Gasteiger partial charge in [0.05, 0.1) is 12.6 Å². The molecule has 0 spiro atoms. The highest BCUT2D eigenvalue weighted by molar-refractivity contribution is 6.31. The second-order valence-corrected chi connectivity index (χ2v) is 9.07. The first kappa shape index (κ1) is 21.3. The molecule has 0 bridgehead atoms. The normalized spacial score (nSPS) is 19.7. The van der Waals surface area contributed by atoms with Crippen LogP contribution in [0.1, 0.15) is 22.9 Å². The number of fused-ring (bicyclic) bond motifs is 1. The summed E-state index contributed by atoms with van der Waals surface area (Å²) in [6.45, 7) is 6.48. The molecule has 2 aliphatic rings. The predicted octanol–water partition coefficient (Wildman–Crippen LogP) is 3.89. The summed E-state index contributed by atoms with van der Waals surface area (Å²) < 4.78 is 2.28. The van der Waals surface area contributed by atoms with E-state index in [0.29, 0.717) is 6.54 Å². The summed E-state index contributed by atoms with van der Waals surface area (Å²) in [5, 5.41) is 0.749. The number of carbonyl (C=O) groups excluding carboxylic acids is 1. The molecule has 1 atom stereocenters. The average Bonchev–Trinajstić information content (AvgIpc) is 3.30. The molecule has 5 nitrogen and oxygen atoms in total. The Morgan fingerprint density at radius 3 is 2.38 bits per heavy atom. The van der Waals surface area contributed by atoms with Crippen LogP contribution in [0.25, 0.3) is 0 Å². The van der Waals surface area contributed by atoms with E-state index in [2.05, 4.69) is 63.0 Å². The van der Waals surface area contributed by atoms with Gasteiger partial charge in [-0.1, -0.05) is 60.1 Å². The van der Waals surface area contributed by atoms with Crippen LogP contribution in [0.15, 0.2) is 72.9 Å². The third kappa shape index (κ3) is 4.46. The topological polar surface area (TPSA) is 31.7 Å². The molecule has 5 rings (SSSR count). The van der Waals surface area contributed by atoms with E-state index in [0.717, 1.165) is 56.4 Å². The molecular weight excluding hydrogens is 420 g/mol. The van der Waals surface area contributed by atoms with Crippen LogP contribution in [0.3, 0.4) is 0 Å². The van der Waals surface area contributed by atoms with Gasteiger partial charge >= 0.3 is 0 Å². The predicted molar refractivity (Wildman–Crippen MR) is 128 cm³/mol. The summed E-state index contributed by atoms with van der Waals surface area (Å²) in [5.41, 5.74) is 3.59. The third-order valence-electron chi connectivity index (χ3n) is 6.65. The minimum absolute atomic E-state index is 0.00392. The molecule has 1 unspecified atom stereocenters. The van der Waals surface area contributed by atoms with Crippen LogP contribution in [-0.4, -0.2) is 64.4 Å². The largest absolute Gasteiger partial charge is 0.348 e. The van der Waals surface area contributed by atoms with E-state index >= 15 is 0 Å². The summed E-state index contributed by atoms with van der Waals surface area (Å²) in [6, 6.07) is 22.8. The Bertz CT molecular complexity index is 1060. The number of aromatic nitrogens is 1. The Morgan fingerprint density at radius 2 is 1.59 bits per heavy atom. The summed E-state index contributed by atoms with van der Waals surface area (Å²) in [5.74, 6) is 0.210. The third-order valence-corrected chi connectivity index (χ3v) is 6.99. The minimum atomic E-state index is -0.00392. The fraction of sp³-hybridized carbons (Fsp3) is 0.346. The molecule has 1 fully saturated rings. The van der Waals surface area contributed by atoms with E-state index in [9.17, 15) is 4.79 Å². The fourth-order valence-corrected chi connectivity index (χ4v) is 5.16. The summed E-state index contributed by atoms with van der Waals surface area (Å²) in [7, 11) is 0. The standard InChI is InChI=1S/C26H29ClN4O/c27-23-10-5-4-9-22(23)26-24-11-6-12-29(24)17-18-31(26)20-25(32)30-15-13-28(14-16-30)19-21-7-2-1-3-8-21/h1-12,26H,13-20H2. The lowest BCUT2D eigenvalue weighted by molar-refractivity contribution is -0.134. The molecular formula is C26H29ClN4O. The van der Waals surface area contributed by atoms with Gasteiger partial charge in [-0.25, -0.2) is 0 Å². The number of halogens is 1. The van der Waals surface area contributed by atoms with Crippen molar-refractivity contribution in [1.82, 2.24) is 19.3 Å². The number of benzene rings is 2. The fourth-order valence-electron chi connectivity index (χ4n) is 4.93. The quantitative estimate of drug-likeness (QED) is 0.593. The maximum atomic E-state index is 13.3. The lowest BCUT2D eigenvalue weighted by Gasteiger charge is -2.40. The highest BCUT2D eigenvalue weighted by Crippen LogP contribution is 2.35.